The van der Waals surface area contributed by atoms with E-state index in [2.05, 4.69) is 0 Å². The van der Waals surface area contributed by atoms with E-state index in [1.807, 2.05) is 18.2 Å². The van der Waals surface area contributed by atoms with Crippen LogP contribution in [0.25, 0.3) is 0 Å². The molecule has 0 heterocycles. The summed E-state index contributed by atoms with van der Waals surface area (Å²) < 4.78 is 0. The summed E-state index contributed by atoms with van der Waals surface area (Å²) in [6, 6.07) is 5.72. The second-order valence-electron chi connectivity index (χ2n) is 3.14. The van der Waals surface area contributed by atoms with Crippen LogP contribution in [0, 0.1) is 0 Å². The van der Waals surface area contributed by atoms with Crippen LogP contribution in [0.3, 0.4) is 0 Å². The molecule has 0 saturated carbocycles. The molecule has 0 amide bonds. The lowest BCUT2D eigenvalue weighted by molar-refractivity contribution is 0.140. The van der Waals surface area contributed by atoms with Gasteiger partial charge in [0.2, 0.25) is 0 Å². The van der Waals surface area contributed by atoms with E-state index in [-0.39, 0.29) is 5.92 Å². The van der Waals surface area contributed by atoms with Crippen molar-refractivity contribution in [3.8, 4) is 0 Å². The van der Waals surface area contributed by atoms with Gasteiger partial charge in [0.15, 0.2) is 0 Å². The van der Waals surface area contributed by atoms with Crippen molar-refractivity contribution in [2.45, 2.75) is 18.6 Å². The maximum absolute atomic E-state index is 9.14. The third-order valence-corrected chi connectivity index (χ3v) is 2.59. The summed E-state index contributed by atoms with van der Waals surface area (Å²) in [5.41, 5.74) is 7.71. The van der Waals surface area contributed by atoms with Gasteiger partial charge in [-0.3, -0.25) is 0 Å². The van der Waals surface area contributed by atoms with Crippen LogP contribution in [-0.4, -0.2) is 11.3 Å². The number of hydrogen-bond acceptors (Lipinski definition) is 2. The molecule has 3 N–H and O–H groups in total. The zero-order chi connectivity index (χ0) is 8.72. The number of halogens is 1. The molecule has 2 rings (SSSR count). The molecule has 0 bridgehead atoms. The fraction of sp³-hybridized carbons (Fsp3) is 0.333. The average molecular weight is 184 g/mol. The van der Waals surface area contributed by atoms with Crippen LogP contribution in [-0.2, 0) is 6.42 Å². The molecule has 0 aromatic heterocycles. The van der Waals surface area contributed by atoms with Gasteiger partial charge in [-0.05, 0) is 29.7 Å². The second kappa shape index (κ2) is 2.73. The number of benzene rings is 1. The van der Waals surface area contributed by atoms with E-state index < -0.39 is 6.23 Å². The van der Waals surface area contributed by atoms with E-state index in [1.54, 1.807) is 0 Å². The first-order valence-corrected chi connectivity index (χ1v) is 4.28. The molecule has 3 heteroatoms. The van der Waals surface area contributed by atoms with E-state index in [0.29, 0.717) is 5.02 Å². The largest absolute Gasteiger partial charge is 0.378 e. The van der Waals surface area contributed by atoms with Gasteiger partial charge in [0.25, 0.3) is 0 Å². The molecule has 2 unspecified atom stereocenters. The van der Waals surface area contributed by atoms with Crippen molar-refractivity contribution in [2.75, 3.05) is 0 Å². The third-order valence-electron chi connectivity index (χ3n) is 2.36. The highest BCUT2D eigenvalue weighted by atomic mass is 35.5. The summed E-state index contributed by atoms with van der Waals surface area (Å²) in [6.45, 7) is 0. The Hall–Kier alpha value is -0.570. The first-order chi connectivity index (χ1) is 5.68. The molecule has 1 aliphatic rings. The van der Waals surface area contributed by atoms with Crippen molar-refractivity contribution in [1.29, 1.82) is 0 Å². The van der Waals surface area contributed by atoms with Crippen molar-refractivity contribution in [1.82, 2.24) is 0 Å². The van der Waals surface area contributed by atoms with Crippen LogP contribution in [0.4, 0.5) is 0 Å². The Bertz CT molecular complexity index is 311. The Morgan fingerprint density at radius 2 is 2.33 bits per heavy atom. The Labute approximate surface area is 76.0 Å². The maximum atomic E-state index is 9.14. The van der Waals surface area contributed by atoms with E-state index in [4.69, 9.17) is 22.4 Å². The summed E-state index contributed by atoms with van der Waals surface area (Å²) in [7, 11) is 0. The van der Waals surface area contributed by atoms with Crippen molar-refractivity contribution in [3.05, 3.63) is 34.3 Å². The molecular weight excluding hydrogens is 174 g/mol. The molecule has 0 spiro atoms. The fourth-order valence-corrected chi connectivity index (χ4v) is 1.80. The van der Waals surface area contributed by atoms with Gasteiger partial charge < -0.3 is 10.8 Å². The molecule has 2 atom stereocenters. The third kappa shape index (κ3) is 1.12. The zero-order valence-electron chi connectivity index (χ0n) is 6.50. The van der Waals surface area contributed by atoms with Crippen LogP contribution in [0.1, 0.15) is 17.0 Å². The van der Waals surface area contributed by atoms with E-state index in [9.17, 15) is 0 Å². The molecule has 1 aliphatic carbocycles. The highest BCUT2D eigenvalue weighted by molar-refractivity contribution is 6.30. The molecule has 0 saturated heterocycles. The topological polar surface area (TPSA) is 46.2 Å². The lowest BCUT2D eigenvalue weighted by Gasteiger charge is -2.32. The van der Waals surface area contributed by atoms with Crippen molar-refractivity contribution in [3.63, 3.8) is 0 Å². The minimum atomic E-state index is -0.754. The van der Waals surface area contributed by atoms with Crippen LogP contribution in [0.5, 0.6) is 0 Å². The van der Waals surface area contributed by atoms with Crippen molar-refractivity contribution in [2.24, 2.45) is 5.73 Å². The molecule has 1 aromatic rings. The van der Waals surface area contributed by atoms with Gasteiger partial charge in [-0.25, -0.2) is 0 Å². The Balaban J connectivity index is 2.33. The molecule has 0 fully saturated rings. The van der Waals surface area contributed by atoms with Crippen LogP contribution in [0.15, 0.2) is 18.2 Å². The minimum Gasteiger partial charge on any atom is -0.378 e. The predicted molar refractivity (Wildman–Crippen MR) is 48.1 cm³/mol. The summed E-state index contributed by atoms with van der Waals surface area (Å²) in [4.78, 5) is 0. The summed E-state index contributed by atoms with van der Waals surface area (Å²) in [5, 5.41) is 9.85. The zero-order valence-corrected chi connectivity index (χ0v) is 7.25. The molecular formula is C9H10ClNO. The number of fused-ring (bicyclic) bond motifs is 1. The van der Waals surface area contributed by atoms with Gasteiger partial charge in [0, 0.05) is 10.9 Å². The molecule has 12 heavy (non-hydrogen) atoms. The SMILES string of the molecule is NC(O)C1Cc2ccc(Cl)cc21. The lowest BCUT2D eigenvalue weighted by atomic mass is 9.77. The summed E-state index contributed by atoms with van der Waals surface area (Å²) in [6.07, 6.45) is 0.112. The monoisotopic (exact) mass is 183 g/mol. The molecule has 0 radical (unpaired) electrons. The van der Waals surface area contributed by atoms with Crippen LogP contribution < -0.4 is 5.73 Å². The fourth-order valence-electron chi connectivity index (χ4n) is 1.62. The van der Waals surface area contributed by atoms with Gasteiger partial charge in [-0.15, -0.1) is 0 Å². The second-order valence-corrected chi connectivity index (χ2v) is 3.58. The normalized spacial score (nSPS) is 22.8. The Morgan fingerprint density at radius 1 is 1.58 bits per heavy atom. The molecule has 0 aliphatic heterocycles. The molecule has 64 valence electrons. The van der Waals surface area contributed by atoms with E-state index in [0.717, 1.165) is 12.0 Å². The van der Waals surface area contributed by atoms with E-state index >= 15 is 0 Å². The summed E-state index contributed by atoms with van der Waals surface area (Å²) >= 11 is 5.80. The quantitative estimate of drug-likeness (QED) is 0.644. The standard InChI is InChI=1S/C9H10ClNO/c10-6-2-1-5-3-8(9(11)12)7(5)4-6/h1-2,4,8-9,12H,3,11H2. The van der Waals surface area contributed by atoms with E-state index in [1.165, 1.54) is 5.56 Å². The number of nitrogens with two attached hydrogens (primary N) is 1. The van der Waals surface area contributed by atoms with Gasteiger partial charge in [-0.1, -0.05) is 17.7 Å². The minimum absolute atomic E-state index is 0.0821. The Morgan fingerprint density at radius 3 is 3.00 bits per heavy atom. The highest BCUT2D eigenvalue weighted by Gasteiger charge is 2.29. The Kier molecular flexibility index (Phi) is 1.83. The molecule has 1 aromatic carbocycles. The van der Waals surface area contributed by atoms with Crippen LogP contribution in [0.2, 0.25) is 5.02 Å². The first kappa shape index (κ1) is 8.05. The van der Waals surface area contributed by atoms with Crippen LogP contribution >= 0.6 is 11.6 Å². The first-order valence-electron chi connectivity index (χ1n) is 3.90. The predicted octanol–water partition coefficient (Wildman–Crippen LogP) is 1.26. The number of aliphatic hydroxyl groups is 1. The van der Waals surface area contributed by atoms with Gasteiger partial charge in [-0.2, -0.15) is 0 Å². The van der Waals surface area contributed by atoms with Gasteiger partial charge in [0.05, 0.1) is 0 Å². The number of aliphatic hydroxyl groups excluding tert-OH is 1. The van der Waals surface area contributed by atoms with Crippen molar-refractivity contribution >= 4 is 11.6 Å². The highest BCUT2D eigenvalue weighted by Crippen LogP contribution is 2.37. The van der Waals surface area contributed by atoms with Gasteiger partial charge in [0.1, 0.15) is 6.23 Å². The summed E-state index contributed by atoms with van der Waals surface area (Å²) in [5.74, 6) is 0.0821. The number of hydrogen-bond donors (Lipinski definition) is 2. The smallest absolute Gasteiger partial charge is 0.109 e. The lowest BCUT2D eigenvalue weighted by Crippen LogP contribution is -2.35. The molecule has 2 nitrogen and oxygen atoms in total. The van der Waals surface area contributed by atoms with Gasteiger partial charge >= 0.3 is 0 Å². The maximum Gasteiger partial charge on any atom is 0.109 e. The number of rotatable bonds is 1. The average Bonchev–Trinajstić information content (AvgIpc) is 1.95. The van der Waals surface area contributed by atoms with Crippen molar-refractivity contribution < 1.29 is 5.11 Å².